The molecule has 3 nitrogen and oxygen atoms in total. The van der Waals surface area contributed by atoms with E-state index in [1.165, 1.54) is 19.3 Å². The average Bonchev–Trinajstić information content (AvgIpc) is 2.73. The number of fused-ring (bicyclic) bond motifs is 1. The molecule has 1 heterocycles. The van der Waals surface area contributed by atoms with Crippen LogP contribution in [-0.4, -0.2) is 15.6 Å². The summed E-state index contributed by atoms with van der Waals surface area (Å²) >= 11 is 0. The van der Waals surface area contributed by atoms with Crippen LogP contribution in [0.3, 0.4) is 0 Å². The SMILES string of the molecule is CCn1nc(CC(=O)CC2CCC2)c2ccccc21. The Kier molecular flexibility index (Phi) is 3.36. The normalized spacial score (nSPS) is 15.6. The Bertz CT molecular complexity index is 596. The zero-order valence-electron chi connectivity index (χ0n) is 11.4. The van der Waals surface area contributed by atoms with Gasteiger partial charge in [-0.3, -0.25) is 9.48 Å². The Morgan fingerprint density at radius 2 is 2.16 bits per heavy atom. The van der Waals surface area contributed by atoms with E-state index in [9.17, 15) is 4.79 Å². The molecule has 0 radical (unpaired) electrons. The molecule has 0 atom stereocenters. The van der Waals surface area contributed by atoms with Crippen molar-refractivity contribution < 1.29 is 4.79 Å². The average molecular weight is 256 g/mol. The number of hydrogen-bond acceptors (Lipinski definition) is 2. The van der Waals surface area contributed by atoms with E-state index in [0.717, 1.165) is 29.6 Å². The Hall–Kier alpha value is -1.64. The van der Waals surface area contributed by atoms with Gasteiger partial charge in [0.2, 0.25) is 0 Å². The topological polar surface area (TPSA) is 34.9 Å². The van der Waals surface area contributed by atoms with Gasteiger partial charge in [0.05, 0.1) is 17.6 Å². The molecular weight excluding hydrogens is 236 g/mol. The number of carbonyl (C=O) groups is 1. The van der Waals surface area contributed by atoms with E-state index in [1.54, 1.807) is 0 Å². The van der Waals surface area contributed by atoms with E-state index in [1.807, 2.05) is 16.8 Å². The lowest BCUT2D eigenvalue weighted by Crippen LogP contribution is -2.17. The van der Waals surface area contributed by atoms with Gasteiger partial charge in [-0.15, -0.1) is 0 Å². The van der Waals surface area contributed by atoms with Crippen LogP contribution < -0.4 is 0 Å². The molecule has 1 saturated carbocycles. The van der Waals surface area contributed by atoms with Crippen molar-refractivity contribution in [1.82, 2.24) is 9.78 Å². The Balaban J connectivity index is 1.81. The molecule has 100 valence electrons. The van der Waals surface area contributed by atoms with Crippen LogP contribution in [0, 0.1) is 5.92 Å². The quantitative estimate of drug-likeness (QED) is 0.822. The van der Waals surface area contributed by atoms with Crippen LogP contribution in [0.1, 0.15) is 38.3 Å². The summed E-state index contributed by atoms with van der Waals surface area (Å²) in [6.07, 6.45) is 4.99. The number of carbonyl (C=O) groups excluding carboxylic acids is 1. The predicted octanol–water partition coefficient (Wildman–Crippen LogP) is 3.36. The number of nitrogens with zero attached hydrogens (tertiary/aromatic N) is 2. The zero-order valence-corrected chi connectivity index (χ0v) is 11.4. The molecule has 0 unspecified atom stereocenters. The third kappa shape index (κ3) is 2.42. The highest BCUT2D eigenvalue weighted by molar-refractivity contribution is 5.88. The van der Waals surface area contributed by atoms with Gasteiger partial charge in [0.25, 0.3) is 0 Å². The van der Waals surface area contributed by atoms with Crippen LogP contribution in [0.25, 0.3) is 10.9 Å². The minimum atomic E-state index is 0.344. The number of para-hydroxylation sites is 1. The van der Waals surface area contributed by atoms with Gasteiger partial charge in [0, 0.05) is 18.4 Å². The molecule has 1 aromatic carbocycles. The first kappa shape index (κ1) is 12.4. The molecule has 3 heteroatoms. The fourth-order valence-electron chi connectivity index (χ4n) is 2.85. The molecule has 0 amide bonds. The second kappa shape index (κ2) is 5.16. The van der Waals surface area contributed by atoms with Gasteiger partial charge in [-0.25, -0.2) is 0 Å². The van der Waals surface area contributed by atoms with E-state index in [4.69, 9.17) is 0 Å². The van der Waals surface area contributed by atoms with Crippen LogP contribution in [0.2, 0.25) is 0 Å². The van der Waals surface area contributed by atoms with E-state index >= 15 is 0 Å². The standard InChI is InChI=1S/C16H20N2O/c1-2-18-16-9-4-3-8-14(16)15(17-18)11-13(19)10-12-6-5-7-12/h3-4,8-9,12H,2,5-7,10-11H2,1H3. The van der Waals surface area contributed by atoms with Crippen molar-refractivity contribution in [1.29, 1.82) is 0 Å². The molecular formula is C16H20N2O. The molecule has 0 spiro atoms. The molecule has 3 rings (SSSR count). The van der Waals surface area contributed by atoms with Crippen molar-refractivity contribution in [3.63, 3.8) is 0 Å². The van der Waals surface area contributed by atoms with Gasteiger partial charge in [0.15, 0.2) is 0 Å². The number of hydrogen-bond donors (Lipinski definition) is 0. The highest BCUT2D eigenvalue weighted by Crippen LogP contribution is 2.30. The summed E-state index contributed by atoms with van der Waals surface area (Å²) in [5.41, 5.74) is 2.08. The first-order valence-corrected chi connectivity index (χ1v) is 7.24. The molecule has 1 fully saturated rings. The fraction of sp³-hybridized carbons (Fsp3) is 0.500. The summed E-state index contributed by atoms with van der Waals surface area (Å²) in [6, 6.07) is 8.19. The van der Waals surface area contributed by atoms with E-state index in [0.29, 0.717) is 18.1 Å². The van der Waals surface area contributed by atoms with Crippen LogP contribution in [-0.2, 0) is 17.8 Å². The van der Waals surface area contributed by atoms with Crippen LogP contribution in [0.5, 0.6) is 0 Å². The minimum absolute atomic E-state index is 0.344. The van der Waals surface area contributed by atoms with Gasteiger partial charge in [-0.2, -0.15) is 5.10 Å². The lowest BCUT2D eigenvalue weighted by Gasteiger charge is -2.24. The molecule has 0 N–H and O–H groups in total. The second-order valence-corrected chi connectivity index (χ2v) is 5.50. The number of ketones is 1. The zero-order chi connectivity index (χ0) is 13.2. The number of rotatable bonds is 5. The van der Waals surface area contributed by atoms with Gasteiger partial charge in [-0.1, -0.05) is 37.5 Å². The van der Waals surface area contributed by atoms with Crippen molar-refractivity contribution in [2.45, 2.75) is 45.6 Å². The summed E-state index contributed by atoms with van der Waals surface area (Å²) in [7, 11) is 0. The predicted molar refractivity (Wildman–Crippen MR) is 76.1 cm³/mol. The van der Waals surface area contributed by atoms with Crippen molar-refractivity contribution >= 4 is 16.7 Å². The molecule has 19 heavy (non-hydrogen) atoms. The third-order valence-corrected chi connectivity index (χ3v) is 4.14. The number of Topliss-reactive ketones (excluding diaryl/α,β-unsaturated/α-hetero) is 1. The number of aromatic nitrogens is 2. The highest BCUT2D eigenvalue weighted by Gasteiger charge is 2.21. The monoisotopic (exact) mass is 256 g/mol. The third-order valence-electron chi connectivity index (χ3n) is 4.14. The van der Waals surface area contributed by atoms with Crippen molar-refractivity contribution in [3.8, 4) is 0 Å². The van der Waals surface area contributed by atoms with Gasteiger partial charge >= 0.3 is 0 Å². The van der Waals surface area contributed by atoms with E-state index in [2.05, 4.69) is 24.2 Å². The molecule has 0 bridgehead atoms. The molecule has 0 aliphatic heterocycles. The Morgan fingerprint density at radius 1 is 1.37 bits per heavy atom. The van der Waals surface area contributed by atoms with Crippen molar-refractivity contribution in [2.75, 3.05) is 0 Å². The minimum Gasteiger partial charge on any atom is -0.299 e. The Labute approximate surface area is 113 Å². The summed E-state index contributed by atoms with van der Waals surface area (Å²) in [5, 5.41) is 5.73. The molecule has 1 aliphatic rings. The molecule has 2 aromatic rings. The van der Waals surface area contributed by atoms with E-state index < -0.39 is 0 Å². The lowest BCUT2D eigenvalue weighted by molar-refractivity contribution is -0.119. The maximum absolute atomic E-state index is 12.1. The fourth-order valence-corrected chi connectivity index (χ4v) is 2.85. The first-order valence-electron chi connectivity index (χ1n) is 7.24. The summed E-state index contributed by atoms with van der Waals surface area (Å²) in [5.74, 6) is 0.989. The lowest BCUT2D eigenvalue weighted by atomic mass is 9.81. The highest BCUT2D eigenvalue weighted by atomic mass is 16.1. The maximum atomic E-state index is 12.1. The largest absolute Gasteiger partial charge is 0.299 e. The molecule has 0 saturated heterocycles. The Morgan fingerprint density at radius 3 is 2.84 bits per heavy atom. The van der Waals surface area contributed by atoms with Crippen molar-refractivity contribution in [3.05, 3.63) is 30.0 Å². The van der Waals surface area contributed by atoms with Gasteiger partial charge in [0.1, 0.15) is 5.78 Å². The van der Waals surface area contributed by atoms with Gasteiger partial charge in [-0.05, 0) is 18.9 Å². The van der Waals surface area contributed by atoms with E-state index in [-0.39, 0.29) is 0 Å². The number of benzene rings is 1. The van der Waals surface area contributed by atoms with Crippen LogP contribution in [0.15, 0.2) is 24.3 Å². The smallest absolute Gasteiger partial charge is 0.139 e. The first-order chi connectivity index (χ1) is 9.28. The van der Waals surface area contributed by atoms with Crippen LogP contribution in [0.4, 0.5) is 0 Å². The van der Waals surface area contributed by atoms with Gasteiger partial charge < -0.3 is 0 Å². The summed E-state index contributed by atoms with van der Waals surface area (Å²) in [6.45, 7) is 2.93. The van der Waals surface area contributed by atoms with Crippen LogP contribution >= 0.6 is 0 Å². The summed E-state index contributed by atoms with van der Waals surface area (Å²) in [4.78, 5) is 12.1. The summed E-state index contributed by atoms with van der Waals surface area (Å²) < 4.78 is 1.99. The molecule has 1 aromatic heterocycles. The molecule has 1 aliphatic carbocycles. The second-order valence-electron chi connectivity index (χ2n) is 5.50. The number of aryl methyl sites for hydroxylation is 1. The van der Waals surface area contributed by atoms with Crippen molar-refractivity contribution in [2.24, 2.45) is 5.92 Å². The maximum Gasteiger partial charge on any atom is 0.139 e.